The van der Waals surface area contributed by atoms with Gasteiger partial charge in [-0.05, 0) is 6.08 Å². The van der Waals surface area contributed by atoms with Gasteiger partial charge in [-0.3, -0.25) is 0 Å². The molecule has 1 unspecified atom stereocenters. The van der Waals surface area contributed by atoms with Crippen LogP contribution in [0.2, 0.25) is 0 Å². The van der Waals surface area contributed by atoms with Crippen LogP contribution in [0.15, 0.2) is 12.2 Å². The molecule has 0 spiro atoms. The molecule has 2 nitrogen and oxygen atoms in total. The lowest BCUT2D eigenvalue weighted by Gasteiger charge is -2.01. The minimum atomic E-state index is -2.54. The van der Waals surface area contributed by atoms with E-state index in [0.717, 1.165) is 12.3 Å². The number of hydrogen-bond donors (Lipinski definition) is 2. The van der Waals surface area contributed by atoms with Gasteiger partial charge >= 0.3 is 0 Å². The number of alkyl halides is 2. The summed E-state index contributed by atoms with van der Waals surface area (Å²) in [5.41, 5.74) is 4.86. The molecule has 0 radical (unpaired) electrons. The van der Waals surface area contributed by atoms with Gasteiger partial charge in [0.1, 0.15) is 0 Å². The predicted octanol–water partition coefficient (Wildman–Crippen LogP) is 0.785. The zero-order chi connectivity index (χ0) is 7.28. The summed E-state index contributed by atoms with van der Waals surface area (Å²) in [4.78, 5) is 0. The highest BCUT2D eigenvalue weighted by atomic mass is 19.3. The lowest BCUT2D eigenvalue weighted by Crippen LogP contribution is -2.25. The van der Waals surface area contributed by atoms with Gasteiger partial charge in [-0.1, -0.05) is 6.08 Å². The number of nitrogens with one attached hydrogen (secondary N) is 1. The van der Waals surface area contributed by atoms with Crippen molar-refractivity contribution in [2.75, 3.05) is 0 Å². The van der Waals surface area contributed by atoms with Gasteiger partial charge in [-0.15, -0.1) is 0 Å². The third-order valence-electron chi connectivity index (χ3n) is 0.721. The summed E-state index contributed by atoms with van der Waals surface area (Å²) in [6.45, 7) is 0. The van der Waals surface area contributed by atoms with E-state index in [-0.39, 0.29) is 0 Å². The molecule has 0 rings (SSSR count). The van der Waals surface area contributed by atoms with Gasteiger partial charge in [0.05, 0.1) is 6.04 Å². The van der Waals surface area contributed by atoms with Crippen LogP contribution in [-0.4, -0.2) is 18.7 Å². The predicted molar refractivity (Wildman–Crippen MR) is 31.9 cm³/mol. The van der Waals surface area contributed by atoms with Crippen molar-refractivity contribution in [1.82, 2.24) is 0 Å². The van der Waals surface area contributed by atoms with E-state index < -0.39 is 12.5 Å². The zero-order valence-corrected chi connectivity index (χ0v) is 4.72. The Morgan fingerprint density at radius 2 is 2.00 bits per heavy atom. The van der Waals surface area contributed by atoms with E-state index >= 15 is 0 Å². The second kappa shape index (κ2) is 4.14. The Hall–Kier alpha value is -0.770. The quantitative estimate of drug-likeness (QED) is 0.550. The van der Waals surface area contributed by atoms with Crippen LogP contribution in [0.1, 0.15) is 0 Å². The summed E-state index contributed by atoms with van der Waals surface area (Å²) in [6.07, 6.45) is 0.623. The Morgan fingerprint density at radius 1 is 1.44 bits per heavy atom. The molecule has 0 aliphatic heterocycles. The number of halogens is 2. The van der Waals surface area contributed by atoms with Gasteiger partial charge in [0.25, 0.3) is 6.43 Å². The highest BCUT2D eigenvalue weighted by Crippen LogP contribution is 1.97. The summed E-state index contributed by atoms with van der Waals surface area (Å²) >= 11 is 0. The monoisotopic (exact) mass is 134 g/mol. The van der Waals surface area contributed by atoms with Crippen molar-refractivity contribution >= 4 is 6.21 Å². The van der Waals surface area contributed by atoms with Gasteiger partial charge in [0.2, 0.25) is 0 Å². The van der Waals surface area contributed by atoms with Gasteiger partial charge in [-0.25, -0.2) is 8.78 Å². The van der Waals surface area contributed by atoms with E-state index in [1.165, 1.54) is 6.08 Å². The molecule has 0 bridgehead atoms. The van der Waals surface area contributed by atoms with Crippen LogP contribution in [-0.2, 0) is 0 Å². The standard InChI is InChI=1S/C5H8F2N2/c6-5(7)4(9)2-1-3-8/h1-5,8H,9H2/b2-1-,8-3?. The van der Waals surface area contributed by atoms with E-state index in [2.05, 4.69) is 0 Å². The highest BCUT2D eigenvalue weighted by molar-refractivity contribution is 5.67. The summed E-state index contributed by atoms with van der Waals surface area (Å²) < 4.78 is 23.0. The zero-order valence-electron chi connectivity index (χ0n) is 4.72. The highest BCUT2D eigenvalue weighted by Gasteiger charge is 2.09. The largest absolute Gasteiger partial charge is 0.320 e. The third-order valence-corrected chi connectivity index (χ3v) is 0.721. The van der Waals surface area contributed by atoms with Gasteiger partial charge < -0.3 is 11.1 Å². The molecule has 9 heavy (non-hydrogen) atoms. The van der Waals surface area contributed by atoms with Crippen LogP contribution >= 0.6 is 0 Å². The first-order chi connectivity index (χ1) is 4.18. The Kier molecular flexibility index (Phi) is 3.79. The van der Waals surface area contributed by atoms with Gasteiger partial charge in [-0.2, -0.15) is 0 Å². The Morgan fingerprint density at radius 3 is 2.33 bits per heavy atom. The van der Waals surface area contributed by atoms with Crippen LogP contribution in [0.4, 0.5) is 8.78 Å². The summed E-state index contributed by atoms with van der Waals surface area (Å²) in [5, 5.41) is 6.42. The molecule has 4 heteroatoms. The Labute approximate surface area is 51.9 Å². The number of hydrogen-bond acceptors (Lipinski definition) is 2. The van der Waals surface area contributed by atoms with Crippen molar-refractivity contribution in [2.45, 2.75) is 12.5 Å². The molecule has 0 aliphatic rings. The first-order valence-electron chi connectivity index (χ1n) is 2.39. The Balaban J connectivity index is 3.61. The average Bonchev–Trinajstić information content (AvgIpc) is 1.82. The minimum Gasteiger partial charge on any atom is -0.320 e. The minimum absolute atomic E-state index is 0.905. The topological polar surface area (TPSA) is 49.9 Å². The van der Waals surface area contributed by atoms with E-state index in [1.54, 1.807) is 0 Å². The maximum absolute atomic E-state index is 11.5. The van der Waals surface area contributed by atoms with E-state index in [0.29, 0.717) is 0 Å². The van der Waals surface area contributed by atoms with Crippen molar-refractivity contribution in [3.05, 3.63) is 12.2 Å². The molecule has 0 fully saturated rings. The van der Waals surface area contributed by atoms with Crippen LogP contribution in [0.3, 0.4) is 0 Å². The molecule has 0 aromatic heterocycles. The fraction of sp³-hybridized carbons (Fsp3) is 0.400. The molecule has 52 valence electrons. The molecule has 0 aromatic rings. The van der Waals surface area contributed by atoms with E-state index in [4.69, 9.17) is 11.1 Å². The maximum atomic E-state index is 11.5. The molecular weight excluding hydrogens is 126 g/mol. The summed E-state index contributed by atoms with van der Waals surface area (Å²) in [6, 6.07) is -1.24. The first-order valence-corrected chi connectivity index (χ1v) is 2.39. The molecule has 0 amide bonds. The average molecular weight is 134 g/mol. The smallest absolute Gasteiger partial charge is 0.257 e. The summed E-state index contributed by atoms with van der Waals surface area (Å²) in [7, 11) is 0. The summed E-state index contributed by atoms with van der Waals surface area (Å²) in [5.74, 6) is 0. The molecular formula is C5H8F2N2. The number of allylic oxidation sites excluding steroid dienone is 1. The fourth-order valence-corrected chi connectivity index (χ4v) is 0.268. The molecule has 0 aromatic carbocycles. The van der Waals surface area contributed by atoms with Crippen LogP contribution in [0.25, 0.3) is 0 Å². The van der Waals surface area contributed by atoms with E-state index in [9.17, 15) is 8.78 Å². The van der Waals surface area contributed by atoms with E-state index in [1.807, 2.05) is 0 Å². The second-order valence-corrected chi connectivity index (χ2v) is 1.46. The molecule has 0 saturated heterocycles. The normalized spacial score (nSPS) is 14.7. The fourth-order valence-electron chi connectivity index (χ4n) is 0.268. The third kappa shape index (κ3) is 3.78. The lowest BCUT2D eigenvalue weighted by atomic mass is 10.3. The van der Waals surface area contributed by atoms with Crippen molar-refractivity contribution in [1.29, 1.82) is 5.41 Å². The van der Waals surface area contributed by atoms with Crippen molar-refractivity contribution < 1.29 is 8.78 Å². The van der Waals surface area contributed by atoms with Crippen LogP contribution in [0.5, 0.6) is 0 Å². The number of rotatable bonds is 3. The molecule has 3 N–H and O–H groups in total. The van der Waals surface area contributed by atoms with Crippen molar-refractivity contribution in [2.24, 2.45) is 5.73 Å². The maximum Gasteiger partial charge on any atom is 0.257 e. The van der Waals surface area contributed by atoms with Crippen molar-refractivity contribution in [3.8, 4) is 0 Å². The van der Waals surface area contributed by atoms with Crippen LogP contribution < -0.4 is 5.73 Å². The van der Waals surface area contributed by atoms with Crippen molar-refractivity contribution in [3.63, 3.8) is 0 Å². The first kappa shape index (κ1) is 8.23. The lowest BCUT2D eigenvalue weighted by molar-refractivity contribution is 0.133. The van der Waals surface area contributed by atoms with Gasteiger partial charge in [0.15, 0.2) is 0 Å². The van der Waals surface area contributed by atoms with Gasteiger partial charge in [0, 0.05) is 6.21 Å². The second-order valence-electron chi connectivity index (χ2n) is 1.46. The molecule has 0 aliphatic carbocycles. The molecule has 1 atom stereocenters. The SMILES string of the molecule is N=C/C=C\C(N)C(F)F. The Bertz CT molecular complexity index is 112. The van der Waals surface area contributed by atoms with Crippen LogP contribution in [0, 0.1) is 5.41 Å². The molecule has 0 saturated carbocycles. The number of nitrogens with two attached hydrogens (primary N) is 1. The molecule has 0 heterocycles.